The van der Waals surface area contributed by atoms with E-state index in [1.807, 2.05) is 30.3 Å². The van der Waals surface area contributed by atoms with E-state index in [0.29, 0.717) is 11.8 Å². The first kappa shape index (κ1) is 9.33. The molecule has 1 heterocycles. The molecule has 0 spiro atoms. The van der Waals surface area contributed by atoms with Crippen LogP contribution >= 0.6 is 0 Å². The summed E-state index contributed by atoms with van der Waals surface area (Å²) in [5, 5.41) is 8.71. The first-order chi connectivity index (χ1) is 7.29. The van der Waals surface area contributed by atoms with E-state index in [9.17, 15) is 4.79 Å². The van der Waals surface area contributed by atoms with E-state index in [-0.39, 0.29) is 5.35 Å². The summed E-state index contributed by atoms with van der Waals surface area (Å²) in [7, 11) is 0. The number of hydrogen-bond donors (Lipinski definition) is 2. The minimum atomic E-state index is -0.584. The molecule has 4 nitrogen and oxygen atoms in total. The molecule has 0 unspecified atom stereocenters. The van der Waals surface area contributed by atoms with Crippen LogP contribution in [0.15, 0.2) is 39.5 Å². The fourth-order valence-electron chi connectivity index (χ4n) is 1.22. The van der Waals surface area contributed by atoms with E-state index in [1.54, 1.807) is 6.08 Å². The van der Waals surface area contributed by atoms with Crippen molar-refractivity contribution in [2.45, 2.75) is 0 Å². The van der Waals surface area contributed by atoms with Crippen LogP contribution in [0, 0.1) is 0 Å². The van der Waals surface area contributed by atoms with E-state index in [2.05, 4.69) is 4.98 Å². The molecule has 2 aromatic rings. The van der Waals surface area contributed by atoms with E-state index >= 15 is 0 Å². The summed E-state index contributed by atoms with van der Waals surface area (Å²) < 4.78 is 4.85. The van der Waals surface area contributed by atoms with Crippen LogP contribution in [0.5, 0.6) is 0 Å². The monoisotopic (exact) mass is 203 g/mol. The Kier molecular flexibility index (Phi) is 2.41. The summed E-state index contributed by atoms with van der Waals surface area (Å²) >= 11 is 0. The minimum Gasteiger partial charge on any atom is -0.513 e. The Morgan fingerprint density at radius 1 is 1.27 bits per heavy atom. The van der Waals surface area contributed by atoms with Gasteiger partial charge in [-0.1, -0.05) is 30.3 Å². The van der Waals surface area contributed by atoms with Crippen LogP contribution in [-0.2, 0) is 0 Å². The average molecular weight is 203 g/mol. The normalized spacial score (nSPS) is 13.3. The molecule has 15 heavy (non-hydrogen) atoms. The van der Waals surface area contributed by atoms with Crippen molar-refractivity contribution in [3.05, 3.63) is 57.2 Å². The van der Waals surface area contributed by atoms with E-state index in [0.717, 1.165) is 5.56 Å². The van der Waals surface area contributed by atoms with E-state index in [4.69, 9.17) is 9.52 Å². The predicted molar refractivity (Wildman–Crippen MR) is 55.7 cm³/mol. The van der Waals surface area contributed by atoms with Crippen LogP contribution in [0.2, 0.25) is 0 Å². The third kappa shape index (κ3) is 1.99. The number of rotatable bonds is 1. The molecule has 1 aromatic heterocycles. The number of hydrogen-bond acceptors (Lipinski definition) is 3. The number of aromatic nitrogens is 1. The minimum absolute atomic E-state index is 0.0391. The second kappa shape index (κ2) is 3.88. The molecule has 0 aliphatic heterocycles. The van der Waals surface area contributed by atoms with Crippen LogP contribution in [0.3, 0.4) is 0 Å². The van der Waals surface area contributed by atoms with Gasteiger partial charge >= 0.3 is 5.63 Å². The summed E-state index contributed by atoms with van der Waals surface area (Å²) in [6, 6.07) is 9.42. The van der Waals surface area contributed by atoms with Crippen molar-refractivity contribution in [3.63, 3.8) is 0 Å². The maximum atomic E-state index is 11.1. The van der Waals surface area contributed by atoms with Gasteiger partial charge in [0.1, 0.15) is 6.26 Å². The Morgan fingerprint density at radius 3 is 2.60 bits per heavy atom. The van der Waals surface area contributed by atoms with Gasteiger partial charge in [-0.15, -0.1) is 0 Å². The molecule has 0 bridgehead atoms. The summed E-state index contributed by atoms with van der Waals surface area (Å²) in [4.78, 5) is 13.7. The SMILES string of the molecule is O=c1oc(=Cc2ccccc2)[nH]c1=CO. The summed E-state index contributed by atoms with van der Waals surface area (Å²) in [5.74, 6) is 0. The molecule has 2 N–H and O–H groups in total. The zero-order valence-corrected chi connectivity index (χ0v) is 7.81. The molecule has 2 rings (SSSR count). The molecule has 0 saturated carbocycles. The molecule has 1 aromatic carbocycles. The number of benzene rings is 1. The molecular formula is C11H9NO3. The summed E-state index contributed by atoms with van der Waals surface area (Å²) in [6.07, 6.45) is 2.36. The first-order valence-electron chi connectivity index (χ1n) is 4.40. The quantitative estimate of drug-likeness (QED) is 0.690. The fourth-order valence-corrected chi connectivity index (χ4v) is 1.22. The van der Waals surface area contributed by atoms with Gasteiger partial charge in [0.05, 0.1) is 0 Å². The predicted octanol–water partition coefficient (Wildman–Crippen LogP) is 0.0927. The van der Waals surface area contributed by atoms with Gasteiger partial charge in [-0.25, -0.2) is 4.79 Å². The molecule has 76 valence electrons. The van der Waals surface area contributed by atoms with Crippen molar-refractivity contribution in [1.29, 1.82) is 0 Å². The van der Waals surface area contributed by atoms with Gasteiger partial charge in [0.2, 0.25) is 5.55 Å². The molecular weight excluding hydrogens is 194 g/mol. The molecule has 0 fully saturated rings. The number of nitrogens with one attached hydrogen (secondary N) is 1. The number of aliphatic hydroxyl groups excluding tert-OH is 1. The highest BCUT2D eigenvalue weighted by molar-refractivity contribution is 5.46. The number of H-pyrrole nitrogens is 1. The van der Waals surface area contributed by atoms with Crippen LogP contribution < -0.4 is 16.5 Å². The van der Waals surface area contributed by atoms with Gasteiger partial charge in [-0.05, 0) is 5.56 Å². The van der Waals surface area contributed by atoms with Crippen LogP contribution in [0.25, 0.3) is 12.3 Å². The lowest BCUT2D eigenvalue weighted by molar-refractivity contribution is 0.484. The zero-order valence-electron chi connectivity index (χ0n) is 7.81. The van der Waals surface area contributed by atoms with Gasteiger partial charge in [-0.3, -0.25) is 0 Å². The molecule has 0 saturated heterocycles. The maximum Gasteiger partial charge on any atom is 0.364 e. The zero-order chi connectivity index (χ0) is 10.7. The lowest BCUT2D eigenvalue weighted by Gasteiger charge is -1.87. The molecule has 0 aliphatic carbocycles. The molecule has 0 amide bonds. The van der Waals surface area contributed by atoms with Gasteiger partial charge in [0, 0.05) is 6.08 Å². The number of oxazole rings is 1. The Hall–Kier alpha value is -2.23. The maximum absolute atomic E-state index is 11.1. The highest BCUT2D eigenvalue weighted by Gasteiger charge is 1.94. The molecule has 0 atom stereocenters. The third-order valence-corrected chi connectivity index (χ3v) is 1.91. The van der Waals surface area contributed by atoms with Crippen molar-refractivity contribution in [3.8, 4) is 0 Å². The molecule has 0 aliphatic rings. The van der Waals surface area contributed by atoms with Crippen molar-refractivity contribution in [2.75, 3.05) is 0 Å². The smallest absolute Gasteiger partial charge is 0.364 e. The molecule has 0 radical (unpaired) electrons. The highest BCUT2D eigenvalue weighted by atomic mass is 16.4. The van der Waals surface area contributed by atoms with Crippen LogP contribution in [-0.4, -0.2) is 10.1 Å². The van der Waals surface area contributed by atoms with Crippen molar-refractivity contribution in [2.24, 2.45) is 0 Å². The van der Waals surface area contributed by atoms with Crippen LogP contribution in [0.1, 0.15) is 5.56 Å². The lowest BCUT2D eigenvalue weighted by Crippen LogP contribution is -2.20. The Bertz CT molecular complexity index is 607. The first-order valence-corrected chi connectivity index (χ1v) is 4.40. The average Bonchev–Trinajstić information content (AvgIpc) is 2.60. The highest BCUT2D eigenvalue weighted by Crippen LogP contribution is 1.97. The number of aliphatic hydroxyl groups is 1. The van der Waals surface area contributed by atoms with Crippen molar-refractivity contribution >= 4 is 12.3 Å². The number of aromatic amines is 1. The Balaban J connectivity index is 2.56. The third-order valence-electron chi connectivity index (χ3n) is 1.91. The van der Waals surface area contributed by atoms with E-state index in [1.165, 1.54) is 0 Å². The second-order valence-electron chi connectivity index (χ2n) is 2.98. The Morgan fingerprint density at radius 2 is 2.00 bits per heavy atom. The summed E-state index contributed by atoms with van der Waals surface area (Å²) in [6.45, 7) is 0. The topological polar surface area (TPSA) is 66.2 Å². The largest absolute Gasteiger partial charge is 0.513 e. The van der Waals surface area contributed by atoms with Gasteiger partial charge in [0.15, 0.2) is 5.35 Å². The standard InChI is InChI=1S/C11H9NO3/c13-7-9-11(14)15-10(12-9)6-8-4-2-1-3-5-8/h1-7,12-13H. The fraction of sp³-hybridized carbons (Fsp3) is 0. The van der Waals surface area contributed by atoms with Gasteiger partial charge in [0.25, 0.3) is 0 Å². The van der Waals surface area contributed by atoms with Crippen molar-refractivity contribution < 1.29 is 9.52 Å². The van der Waals surface area contributed by atoms with E-state index < -0.39 is 5.63 Å². The Labute approximate surface area is 84.8 Å². The van der Waals surface area contributed by atoms with Crippen LogP contribution in [0.4, 0.5) is 0 Å². The van der Waals surface area contributed by atoms with Gasteiger partial charge in [-0.2, -0.15) is 0 Å². The van der Waals surface area contributed by atoms with Gasteiger partial charge < -0.3 is 14.5 Å². The molecule has 4 heteroatoms. The lowest BCUT2D eigenvalue weighted by atomic mass is 10.2. The van der Waals surface area contributed by atoms with Crippen molar-refractivity contribution in [1.82, 2.24) is 4.98 Å². The second-order valence-corrected chi connectivity index (χ2v) is 2.98. The summed E-state index contributed by atoms with van der Waals surface area (Å²) in [5.41, 5.74) is 0.637.